The summed E-state index contributed by atoms with van der Waals surface area (Å²) >= 11 is 0. The Morgan fingerprint density at radius 2 is 0.658 bits per heavy atom. The van der Waals surface area contributed by atoms with E-state index in [1.807, 2.05) is 0 Å². The summed E-state index contributed by atoms with van der Waals surface area (Å²) in [6, 6.07) is -0.547. The van der Waals surface area contributed by atoms with Crippen LogP contribution in [0.1, 0.15) is 361 Å². The molecule has 6 nitrogen and oxygen atoms in total. The summed E-state index contributed by atoms with van der Waals surface area (Å²) in [5.41, 5.74) is 0. The first-order valence-corrected chi connectivity index (χ1v) is 33.9. The summed E-state index contributed by atoms with van der Waals surface area (Å²) in [6.07, 6.45) is 84.2. The Balaban J connectivity index is 3.43. The summed E-state index contributed by atoms with van der Waals surface area (Å²) in [6.45, 7) is 4.94. The highest BCUT2D eigenvalue weighted by atomic mass is 16.5. The average Bonchev–Trinajstić information content (AvgIpc) is 3.42. The molecule has 0 aliphatic rings. The van der Waals surface area contributed by atoms with Crippen LogP contribution in [-0.4, -0.2) is 47.4 Å². The molecule has 0 aromatic rings. The number of hydrogen-bond acceptors (Lipinski definition) is 5. The van der Waals surface area contributed by atoms with E-state index in [4.69, 9.17) is 4.74 Å². The van der Waals surface area contributed by atoms with Gasteiger partial charge >= 0.3 is 5.97 Å². The molecule has 0 heterocycles. The van der Waals surface area contributed by atoms with Gasteiger partial charge in [0.05, 0.1) is 25.4 Å². The van der Waals surface area contributed by atoms with Crippen molar-refractivity contribution >= 4 is 11.9 Å². The molecule has 0 aliphatic carbocycles. The predicted molar refractivity (Wildman–Crippen MR) is 333 cm³/mol. The van der Waals surface area contributed by atoms with Gasteiger partial charge in [-0.3, -0.25) is 9.59 Å². The van der Waals surface area contributed by atoms with Gasteiger partial charge in [0.25, 0.3) is 0 Å². The number of aliphatic hydroxyl groups excluding tert-OH is 2. The highest BCUT2D eigenvalue weighted by molar-refractivity contribution is 5.76. The molecular weight excluding hydrogens is 935 g/mol. The van der Waals surface area contributed by atoms with Crippen LogP contribution in [0.4, 0.5) is 0 Å². The standard InChI is InChI=1S/C70H131NO5/c1-3-5-7-9-11-13-15-17-19-30-34-38-42-46-50-54-58-62-68(73)67(66-72)71-69(74)63-59-55-51-47-43-39-35-32-28-26-24-22-21-23-25-27-29-33-37-41-45-49-53-57-61-65-76-70(75)64-60-56-52-48-44-40-36-31-20-18-16-14-12-10-8-6-4-2/h12,14,18,20,22-25,67-68,72-73H,3-11,13,15-17,19,21,26-66H2,1-2H3,(H,71,74)/b14-12-,20-18-,24-22-,25-23-. The number of aliphatic hydroxyl groups is 2. The molecule has 2 unspecified atom stereocenters. The van der Waals surface area contributed by atoms with E-state index in [1.54, 1.807) is 0 Å². The van der Waals surface area contributed by atoms with E-state index >= 15 is 0 Å². The van der Waals surface area contributed by atoms with E-state index in [9.17, 15) is 19.8 Å². The number of esters is 1. The first kappa shape index (κ1) is 73.8. The quantitative estimate of drug-likeness (QED) is 0.0320. The molecule has 3 N–H and O–H groups in total. The maximum Gasteiger partial charge on any atom is 0.305 e. The zero-order valence-electron chi connectivity index (χ0n) is 51.0. The van der Waals surface area contributed by atoms with Crippen LogP contribution >= 0.6 is 0 Å². The molecule has 0 saturated heterocycles. The van der Waals surface area contributed by atoms with Gasteiger partial charge in [-0.05, 0) is 89.9 Å². The number of hydrogen-bond donors (Lipinski definition) is 3. The second kappa shape index (κ2) is 65.3. The Kier molecular flexibility index (Phi) is 63.5. The number of allylic oxidation sites excluding steroid dienone is 8. The number of carbonyl (C=O) groups is 2. The van der Waals surface area contributed by atoms with E-state index in [2.05, 4.69) is 67.8 Å². The molecule has 0 rings (SSSR count). The van der Waals surface area contributed by atoms with Gasteiger partial charge in [-0.15, -0.1) is 0 Å². The van der Waals surface area contributed by atoms with Crippen molar-refractivity contribution < 1.29 is 24.5 Å². The zero-order valence-corrected chi connectivity index (χ0v) is 51.0. The molecule has 0 fully saturated rings. The Hall–Kier alpha value is -2.18. The van der Waals surface area contributed by atoms with E-state index in [1.165, 1.54) is 270 Å². The van der Waals surface area contributed by atoms with Crippen molar-refractivity contribution in [1.29, 1.82) is 0 Å². The molecular formula is C70H131NO5. The van der Waals surface area contributed by atoms with E-state index in [0.29, 0.717) is 25.9 Å². The second-order valence-electron chi connectivity index (χ2n) is 23.1. The van der Waals surface area contributed by atoms with Crippen molar-refractivity contribution in [2.75, 3.05) is 13.2 Å². The van der Waals surface area contributed by atoms with Gasteiger partial charge in [0, 0.05) is 12.8 Å². The summed E-state index contributed by atoms with van der Waals surface area (Å²) in [7, 11) is 0. The number of carbonyl (C=O) groups excluding carboxylic acids is 2. The predicted octanol–water partition coefficient (Wildman–Crippen LogP) is 21.7. The smallest absolute Gasteiger partial charge is 0.305 e. The van der Waals surface area contributed by atoms with Crippen LogP contribution in [0.15, 0.2) is 48.6 Å². The van der Waals surface area contributed by atoms with Gasteiger partial charge in [0.2, 0.25) is 5.91 Å². The lowest BCUT2D eigenvalue weighted by atomic mass is 10.0. The van der Waals surface area contributed by atoms with Gasteiger partial charge < -0.3 is 20.3 Å². The first-order chi connectivity index (χ1) is 37.5. The van der Waals surface area contributed by atoms with Crippen molar-refractivity contribution in [3.63, 3.8) is 0 Å². The molecule has 446 valence electrons. The van der Waals surface area contributed by atoms with Crippen LogP contribution in [0.3, 0.4) is 0 Å². The molecule has 0 saturated carbocycles. The molecule has 0 radical (unpaired) electrons. The molecule has 0 spiro atoms. The van der Waals surface area contributed by atoms with Gasteiger partial charge in [-0.1, -0.05) is 306 Å². The fraction of sp³-hybridized carbons (Fsp3) is 0.857. The van der Waals surface area contributed by atoms with Crippen LogP contribution in [-0.2, 0) is 14.3 Å². The van der Waals surface area contributed by atoms with Gasteiger partial charge in [-0.2, -0.15) is 0 Å². The topological polar surface area (TPSA) is 95.9 Å². The zero-order chi connectivity index (χ0) is 55.0. The lowest BCUT2D eigenvalue weighted by Crippen LogP contribution is -2.45. The Morgan fingerprint density at radius 1 is 0.368 bits per heavy atom. The summed E-state index contributed by atoms with van der Waals surface area (Å²) in [4.78, 5) is 24.6. The SMILES string of the molecule is CCCCC/C=C\C/C=C\CCCCCCCCCC(=O)OCCCCCCCCCCC/C=C\C/C=C\CCCCCCCCCCCC(=O)NC(CO)C(O)CCCCCCCCCCCCCCCCCCC. The normalized spacial score (nSPS) is 12.8. The minimum absolute atomic E-state index is 0.00135. The van der Waals surface area contributed by atoms with Gasteiger partial charge in [0.15, 0.2) is 0 Å². The molecule has 0 aromatic heterocycles. The monoisotopic (exact) mass is 1070 g/mol. The van der Waals surface area contributed by atoms with Crippen LogP contribution in [0.2, 0.25) is 0 Å². The molecule has 76 heavy (non-hydrogen) atoms. The third kappa shape index (κ3) is 61.0. The summed E-state index contributed by atoms with van der Waals surface area (Å²) in [5, 5.41) is 23.3. The number of amides is 1. The Labute approximate surface area is 474 Å². The molecule has 2 atom stereocenters. The second-order valence-corrected chi connectivity index (χ2v) is 23.1. The minimum Gasteiger partial charge on any atom is -0.466 e. The number of nitrogens with one attached hydrogen (secondary N) is 1. The molecule has 0 bridgehead atoms. The summed E-state index contributed by atoms with van der Waals surface area (Å²) in [5.74, 6) is -0.0377. The summed E-state index contributed by atoms with van der Waals surface area (Å²) < 4.78 is 5.49. The largest absolute Gasteiger partial charge is 0.466 e. The van der Waals surface area contributed by atoms with E-state index < -0.39 is 12.1 Å². The minimum atomic E-state index is -0.669. The Bertz CT molecular complexity index is 1270. The van der Waals surface area contributed by atoms with E-state index in [-0.39, 0.29) is 18.5 Å². The number of rotatable bonds is 63. The third-order valence-electron chi connectivity index (χ3n) is 15.6. The van der Waals surface area contributed by atoms with Crippen molar-refractivity contribution in [1.82, 2.24) is 5.32 Å². The van der Waals surface area contributed by atoms with Crippen LogP contribution < -0.4 is 5.32 Å². The highest BCUT2D eigenvalue weighted by Crippen LogP contribution is 2.18. The fourth-order valence-corrected chi connectivity index (χ4v) is 10.4. The van der Waals surface area contributed by atoms with Crippen molar-refractivity contribution in [2.24, 2.45) is 0 Å². The molecule has 6 heteroatoms. The molecule has 1 amide bonds. The number of ether oxygens (including phenoxy) is 1. The fourth-order valence-electron chi connectivity index (χ4n) is 10.4. The van der Waals surface area contributed by atoms with Crippen molar-refractivity contribution in [3.8, 4) is 0 Å². The maximum absolute atomic E-state index is 12.5. The average molecular weight is 1070 g/mol. The van der Waals surface area contributed by atoms with Gasteiger partial charge in [-0.25, -0.2) is 0 Å². The van der Waals surface area contributed by atoms with Gasteiger partial charge in [0.1, 0.15) is 0 Å². The van der Waals surface area contributed by atoms with Crippen molar-refractivity contribution in [3.05, 3.63) is 48.6 Å². The maximum atomic E-state index is 12.5. The van der Waals surface area contributed by atoms with Crippen LogP contribution in [0.5, 0.6) is 0 Å². The lowest BCUT2D eigenvalue weighted by Gasteiger charge is -2.22. The lowest BCUT2D eigenvalue weighted by molar-refractivity contribution is -0.143. The highest BCUT2D eigenvalue weighted by Gasteiger charge is 2.20. The molecule has 0 aliphatic heterocycles. The van der Waals surface area contributed by atoms with Crippen LogP contribution in [0.25, 0.3) is 0 Å². The third-order valence-corrected chi connectivity index (χ3v) is 15.6. The van der Waals surface area contributed by atoms with E-state index in [0.717, 1.165) is 57.8 Å². The molecule has 0 aromatic carbocycles. The number of unbranched alkanes of at least 4 members (excludes halogenated alkanes) is 44. The van der Waals surface area contributed by atoms with Crippen molar-refractivity contribution in [2.45, 2.75) is 373 Å². The first-order valence-electron chi connectivity index (χ1n) is 33.9. The Morgan fingerprint density at radius 3 is 1.03 bits per heavy atom. The van der Waals surface area contributed by atoms with Crippen LogP contribution in [0, 0.1) is 0 Å².